The van der Waals surface area contributed by atoms with Gasteiger partial charge in [-0.1, -0.05) is 12.1 Å². The number of hydrogen-bond donors (Lipinski definition) is 2. The maximum absolute atomic E-state index is 11.7. The lowest BCUT2D eigenvalue weighted by Crippen LogP contribution is -2.11. The van der Waals surface area contributed by atoms with Crippen LogP contribution in [0.1, 0.15) is 11.4 Å². The molecule has 6 nitrogen and oxygen atoms in total. The summed E-state index contributed by atoms with van der Waals surface area (Å²) < 4.78 is 5.02. The minimum Gasteiger partial charge on any atom is -0.507 e. The number of fused-ring (bicyclic) bond motifs is 1. The number of aromatic amines is 1. The van der Waals surface area contributed by atoms with Crippen molar-refractivity contribution >= 4 is 33.9 Å². The van der Waals surface area contributed by atoms with Crippen molar-refractivity contribution in [3.8, 4) is 6.07 Å². The molecule has 0 spiro atoms. The second-order valence-electron chi connectivity index (χ2n) is 5.01. The normalized spacial score (nSPS) is 11.8. The Morgan fingerprint density at radius 2 is 2.21 bits per heavy atom. The molecule has 0 bridgehead atoms. The van der Waals surface area contributed by atoms with Crippen LogP contribution < -0.4 is 0 Å². The first-order valence-corrected chi connectivity index (χ1v) is 8.05. The van der Waals surface area contributed by atoms with E-state index in [-0.39, 0.29) is 30.2 Å². The van der Waals surface area contributed by atoms with Crippen LogP contribution in [-0.4, -0.2) is 27.7 Å². The first kappa shape index (κ1) is 15.8. The van der Waals surface area contributed by atoms with Gasteiger partial charge in [0.25, 0.3) is 0 Å². The Kier molecular flexibility index (Phi) is 4.59. The molecule has 0 aliphatic carbocycles. The predicted molar refractivity (Wildman–Crippen MR) is 90.2 cm³/mol. The molecule has 7 heteroatoms. The second kappa shape index (κ2) is 6.98. The molecule has 0 fully saturated rings. The third-order valence-corrected chi connectivity index (χ3v) is 4.06. The van der Waals surface area contributed by atoms with Gasteiger partial charge < -0.3 is 14.8 Å². The number of ether oxygens (including phenoxy) is 1. The Bertz CT molecular complexity index is 903. The molecule has 0 saturated carbocycles. The van der Waals surface area contributed by atoms with E-state index in [2.05, 4.69) is 9.97 Å². The first-order valence-electron chi connectivity index (χ1n) is 7.11. The fraction of sp³-hybridized carbons (Fsp3) is 0.118. The lowest BCUT2D eigenvalue weighted by atomic mass is 10.2. The highest BCUT2D eigenvalue weighted by atomic mass is 32.1. The molecule has 0 radical (unpaired) electrons. The standard InChI is InChI=1S/C17H13N3O3S/c18-8-12(17-19-13-3-1-2-4-14(13)20-17)15(21)9-23-16(22)7-11-5-6-24-10-11/h1-6,10,21H,7,9H2,(H,19,20). The van der Waals surface area contributed by atoms with Gasteiger partial charge >= 0.3 is 5.97 Å². The van der Waals surface area contributed by atoms with Gasteiger partial charge in [-0.3, -0.25) is 4.79 Å². The van der Waals surface area contributed by atoms with E-state index in [1.807, 2.05) is 41.1 Å². The predicted octanol–water partition coefficient (Wildman–Crippen LogP) is 3.20. The van der Waals surface area contributed by atoms with Crippen LogP contribution in [0.4, 0.5) is 0 Å². The zero-order valence-corrected chi connectivity index (χ0v) is 13.3. The number of aromatic nitrogens is 2. The third kappa shape index (κ3) is 3.45. The van der Waals surface area contributed by atoms with Gasteiger partial charge in [0.15, 0.2) is 11.6 Å². The Morgan fingerprint density at radius 3 is 2.92 bits per heavy atom. The van der Waals surface area contributed by atoms with Crippen molar-refractivity contribution in [3.05, 3.63) is 58.2 Å². The van der Waals surface area contributed by atoms with Gasteiger partial charge in [-0.05, 0) is 34.5 Å². The number of aliphatic hydroxyl groups is 1. The monoisotopic (exact) mass is 339 g/mol. The van der Waals surface area contributed by atoms with Crippen molar-refractivity contribution < 1.29 is 14.6 Å². The van der Waals surface area contributed by atoms with E-state index in [9.17, 15) is 15.2 Å². The van der Waals surface area contributed by atoms with E-state index in [4.69, 9.17) is 4.74 Å². The molecule has 0 aliphatic heterocycles. The van der Waals surface area contributed by atoms with Crippen LogP contribution in [0.15, 0.2) is 46.9 Å². The number of benzene rings is 1. The number of imidazole rings is 1. The summed E-state index contributed by atoms with van der Waals surface area (Å²) in [6, 6.07) is 11.0. The second-order valence-corrected chi connectivity index (χ2v) is 5.79. The Labute approximate surface area is 141 Å². The highest BCUT2D eigenvalue weighted by molar-refractivity contribution is 7.07. The Hall–Kier alpha value is -3.11. The van der Waals surface area contributed by atoms with Crippen LogP contribution in [0.3, 0.4) is 0 Å². The van der Waals surface area contributed by atoms with Crippen LogP contribution in [0.2, 0.25) is 0 Å². The van der Waals surface area contributed by atoms with Gasteiger partial charge in [0, 0.05) is 0 Å². The summed E-state index contributed by atoms with van der Waals surface area (Å²) in [7, 11) is 0. The molecule has 0 aliphatic rings. The number of thiophene rings is 1. The summed E-state index contributed by atoms with van der Waals surface area (Å²) in [5.74, 6) is -0.567. The molecule has 1 aromatic carbocycles. The van der Waals surface area contributed by atoms with Crippen LogP contribution in [0, 0.1) is 11.3 Å². The number of nitriles is 1. The minimum absolute atomic E-state index is 0.0467. The molecule has 3 rings (SSSR count). The molecule has 0 unspecified atom stereocenters. The maximum atomic E-state index is 11.7. The summed E-state index contributed by atoms with van der Waals surface area (Å²) in [5.41, 5.74) is 2.24. The van der Waals surface area contributed by atoms with Crippen molar-refractivity contribution in [2.75, 3.05) is 6.61 Å². The first-order chi connectivity index (χ1) is 11.7. The number of rotatable bonds is 5. The van der Waals surface area contributed by atoms with E-state index in [1.54, 1.807) is 6.07 Å². The molecule has 2 N–H and O–H groups in total. The lowest BCUT2D eigenvalue weighted by Gasteiger charge is -2.05. The lowest BCUT2D eigenvalue weighted by molar-refractivity contribution is -0.142. The van der Waals surface area contributed by atoms with E-state index in [0.717, 1.165) is 11.1 Å². The quantitative estimate of drug-likeness (QED) is 0.422. The molecule has 0 saturated heterocycles. The fourth-order valence-electron chi connectivity index (χ4n) is 2.16. The van der Waals surface area contributed by atoms with Gasteiger partial charge in [0.1, 0.15) is 18.2 Å². The highest BCUT2D eigenvalue weighted by Gasteiger charge is 2.15. The van der Waals surface area contributed by atoms with Gasteiger partial charge in [-0.15, -0.1) is 0 Å². The summed E-state index contributed by atoms with van der Waals surface area (Å²) >= 11 is 1.49. The van der Waals surface area contributed by atoms with E-state index in [0.29, 0.717) is 5.52 Å². The van der Waals surface area contributed by atoms with Crippen LogP contribution in [0.5, 0.6) is 0 Å². The average molecular weight is 339 g/mol. The number of aliphatic hydroxyl groups excluding tert-OH is 1. The number of H-pyrrole nitrogens is 1. The zero-order valence-electron chi connectivity index (χ0n) is 12.5. The highest BCUT2D eigenvalue weighted by Crippen LogP contribution is 2.19. The van der Waals surface area contributed by atoms with Gasteiger partial charge in [0.05, 0.1) is 17.5 Å². The van der Waals surface area contributed by atoms with Gasteiger partial charge in [-0.25, -0.2) is 4.98 Å². The average Bonchev–Trinajstić information content (AvgIpc) is 3.22. The van der Waals surface area contributed by atoms with Crippen molar-refractivity contribution in [2.45, 2.75) is 6.42 Å². The van der Waals surface area contributed by atoms with Crippen molar-refractivity contribution in [3.63, 3.8) is 0 Å². The molecule has 0 amide bonds. The van der Waals surface area contributed by atoms with Gasteiger partial charge in [0.2, 0.25) is 0 Å². The molecular weight excluding hydrogens is 326 g/mol. The molecule has 0 atom stereocenters. The number of carbonyl (C=O) groups is 1. The van der Waals surface area contributed by atoms with Crippen molar-refractivity contribution in [1.82, 2.24) is 9.97 Å². The Morgan fingerprint density at radius 1 is 1.38 bits per heavy atom. The Balaban J connectivity index is 1.73. The molecule has 2 aromatic heterocycles. The number of nitrogens with one attached hydrogen (secondary N) is 1. The molecule has 2 heterocycles. The SMILES string of the molecule is N#CC(=C(O)COC(=O)Cc1ccsc1)c1nc2ccccc2[nH]1. The number of allylic oxidation sites excluding steroid dienone is 1. The van der Waals surface area contributed by atoms with E-state index >= 15 is 0 Å². The molecule has 3 aromatic rings. The molecular formula is C17H13N3O3S. The summed E-state index contributed by atoms with van der Waals surface area (Å²) in [5, 5.41) is 23.1. The summed E-state index contributed by atoms with van der Waals surface area (Å²) in [6.45, 7) is -0.372. The van der Waals surface area contributed by atoms with Crippen molar-refractivity contribution in [1.29, 1.82) is 5.26 Å². The number of nitrogens with zero attached hydrogens (tertiary/aromatic N) is 2. The van der Waals surface area contributed by atoms with Gasteiger partial charge in [-0.2, -0.15) is 16.6 Å². The number of hydrogen-bond acceptors (Lipinski definition) is 6. The largest absolute Gasteiger partial charge is 0.507 e. The topological polar surface area (TPSA) is 99.0 Å². The summed E-state index contributed by atoms with van der Waals surface area (Å²) in [6.07, 6.45) is 0.128. The molecule has 120 valence electrons. The number of esters is 1. The fourth-order valence-corrected chi connectivity index (χ4v) is 2.83. The van der Waals surface area contributed by atoms with Crippen molar-refractivity contribution in [2.24, 2.45) is 0 Å². The maximum Gasteiger partial charge on any atom is 0.310 e. The van der Waals surface area contributed by atoms with E-state index in [1.165, 1.54) is 11.3 Å². The number of para-hydroxylation sites is 2. The number of carbonyl (C=O) groups excluding carboxylic acids is 1. The molecule has 24 heavy (non-hydrogen) atoms. The van der Waals surface area contributed by atoms with Crippen LogP contribution >= 0.6 is 11.3 Å². The summed E-state index contributed by atoms with van der Waals surface area (Å²) in [4.78, 5) is 19.0. The zero-order chi connectivity index (χ0) is 16.9. The smallest absolute Gasteiger partial charge is 0.310 e. The van der Waals surface area contributed by atoms with Crippen LogP contribution in [-0.2, 0) is 16.0 Å². The van der Waals surface area contributed by atoms with E-state index < -0.39 is 5.97 Å². The van der Waals surface area contributed by atoms with Crippen LogP contribution in [0.25, 0.3) is 16.6 Å². The minimum atomic E-state index is -0.471. The third-order valence-electron chi connectivity index (χ3n) is 3.33.